The van der Waals surface area contributed by atoms with Crippen molar-refractivity contribution in [1.82, 2.24) is 0 Å². The molecule has 1 nitrogen and oxygen atoms in total. The molecule has 0 N–H and O–H groups in total. The van der Waals surface area contributed by atoms with Crippen molar-refractivity contribution in [3.05, 3.63) is 35.1 Å². The van der Waals surface area contributed by atoms with Crippen LogP contribution in [0.5, 0.6) is 0 Å². The van der Waals surface area contributed by atoms with Crippen molar-refractivity contribution < 1.29 is 31.1 Å². The van der Waals surface area contributed by atoms with E-state index >= 15 is 0 Å². The van der Waals surface area contributed by atoms with Gasteiger partial charge in [0.1, 0.15) is 5.82 Å². The first kappa shape index (κ1) is 12.5. The highest BCUT2D eigenvalue weighted by atomic mass is 19.4. The number of ketones is 1. The quantitative estimate of drug-likeness (QED) is 0.574. The summed E-state index contributed by atoms with van der Waals surface area (Å²) in [5, 5.41) is 0. The van der Waals surface area contributed by atoms with Crippen LogP contribution in [0.15, 0.2) is 18.2 Å². The molecule has 0 unspecified atom stereocenters. The zero-order valence-corrected chi connectivity index (χ0v) is 7.49. The van der Waals surface area contributed by atoms with Gasteiger partial charge in [-0.2, -0.15) is 13.2 Å². The lowest BCUT2D eigenvalue weighted by Gasteiger charge is -2.11. The monoisotopic (exact) mass is 242 g/mol. The Morgan fingerprint density at radius 2 is 1.75 bits per heavy atom. The van der Waals surface area contributed by atoms with Crippen LogP contribution in [0.1, 0.15) is 15.9 Å². The van der Waals surface area contributed by atoms with Gasteiger partial charge in [-0.15, -0.1) is 0 Å². The number of halogens is 6. The fourth-order valence-electron chi connectivity index (χ4n) is 1.09. The molecule has 1 aromatic carbocycles. The summed E-state index contributed by atoms with van der Waals surface area (Å²) in [6.45, 7) is 0. The first-order valence-corrected chi connectivity index (χ1v) is 3.92. The predicted octanol–water partition coefficient (Wildman–Crippen LogP) is 3.29. The number of hydrogen-bond donors (Lipinski definition) is 0. The summed E-state index contributed by atoms with van der Waals surface area (Å²) in [7, 11) is 0. The first-order chi connectivity index (χ1) is 7.23. The van der Waals surface area contributed by atoms with Crippen LogP contribution in [0, 0.1) is 5.82 Å². The molecule has 7 heteroatoms. The van der Waals surface area contributed by atoms with Gasteiger partial charge in [0.05, 0.1) is 5.56 Å². The van der Waals surface area contributed by atoms with Gasteiger partial charge in [-0.3, -0.25) is 4.79 Å². The third-order valence-electron chi connectivity index (χ3n) is 1.75. The molecular weight excluding hydrogens is 238 g/mol. The molecule has 0 aliphatic carbocycles. The summed E-state index contributed by atoms with van der Waals surface area (Å²) in [4.78, 5) is 10.7. The number of carbonyl (C=O) groups is 1. The second-order valence-electron chi connectivity index (χ2n) is 2.85. The van der Waals surface area contributed by atoms with E-state index in [-0.39, 0.29) is 12.1 Å². The highest BCUT2D eigenvalue weighted by Crippen LogP contribution is 2.33. The molecule has 88 valence electrons. The molecule has 0 fully saturated rings. The minimum atomic E-state index is -4.98. The van der Waals surface area contributed by atoms with Crippen molar-refractivity contribution in [2.24, 2.45) is 0 Å². The van der Waals surface area contributed by atoms with Gasteiger partial charge in [-0.25, -0.2) is 13.2 Å². The van der Waals surface area contributed by atoms with E-state index < -0.39 is 35.3 Å². The Hall–Kier alpha value is -1.53. The lowest BCUT2D eigenvalue weighted by molar-refractivity contribution is -0.138. The second-order valence-corrected chi connectivity index (χ2v) is 2.85. The summed E-state index contributed by atoms with van der Waals surface area (Å²) in [6, 6.07) is 0.855. The van der Waals surface area contributed by atoms with E-state index in [1.54, 1.807) is 0 Å². The zero-order valence-electron chi connectivity index (χ0n) is 7.49. The van der Waals surface area contributed by atoms with Gasteiger partial charge in [0.25, 0.3) is 0 Å². The number of carbonyl (C=O) groups excluding carboxylic acids is 1. The molecule has 1 aromatic rings. The summed E-state index contributed by atoms with van der Waals surface area (Å²) < 4.78 is 73.4. The van der Waals surface area contributed by atoms with Crippen LogP contribution in [0.4, 0.5) is 26.3 Å². The van der Waals surface area contributed by atoms with E-state index in [0.29, 0.717) is 6.07 Å². The fourth-order valence-corrected chi connectivity index (χ4v) is 1.09. The molecule has 0 aromatic heterocycles. The minimum absolute atomic E-state index is 0.150. The van der Waals surface area contributed by atoms with E-state index in [1.807, 2.05) is 0 Å². The summed E-state index contributed by atoms with van der Waals surface area (Å²) >= 11 is 0. The van der Waals surface area contributed by atoms with E-state index in [4.69, 9.17) is 0 Å². The molecule has 0 radical (unpaired) electrons. The fraction of sp³-hybridized carbons (Fsp3) is 0.222. The minimum Gasteiger partial charge on any atom is -0.288 e. The summed E-state index contributed by atoms with van der Waals surface area (Å²) in [5.74, 6) is -3.23. The lowest BCUT2D eigenvalue weighted by atomic mass is 10.0. The van der Waals surface area contributed by atoms with Crippen LogP contribution in [-0.2, 0) is 6.18 Å². The van der Waals surface area contributed by atoms with Crippen LogP contribution in [0.3, 0.4) is 0 Å². The standard InChI is InChI=1S/C9H4F6O/c10-4-1-2-6(9(13,14)15)5(3-4)7(16)8(11)12/h1-3,8H. The Labute approximate surface area is 85.7 Å². The molecule has 16 heavy (non-hydrogen) atoms. The van der Waals surface area contributed by atoms with Gasteiger partial charge in [0.15, 0.2) is 0 Å². The highest BCUT2D eigenvalue weighted by Gasteiger charge is 2.37. The third-order valence-corrected chi connectivity index (χ3v) is 1.75. The third kappa shape index (κ3) is 2.53. The Morgan fingerprint density at radius 1 is 1.19 bits per heavy atom. The van der Waals surface area contributed by atoms with Gasteiger partial charge in [0.2, 0.25) is 5.78 Å². The number of Topliss-reactive ketones (excluding diaryl/α,β-unsaturated/α-hetero) is 1. The van der Waals surface area contributed by atoms with Crippen LogP contribution in [-0.4, -0.2) is 12.2 Å². The molecule has 0 amide bonds. The normalized spacial score (nSPS) is 11.9. The molecule has 0 saturated carbocycles. The number of hydrogen-bond acceptors (Lipinski definition) is 1. The van der Waals surface area contributed by atoms with Crippen molar-refractivity contribution in [3.63, 3.8) is 0 Å². The van der Waals surface area contributed by atoms with Gasteiger partial charge >= 0.3 is 12.6 Å². The van der Waals surface area contributed by atoms with Gasteiger partial charge in [-0.05, 0) is 18.2 Å². The summed E-state index contributed by atoms with van der Waals surface area (Å²) in [5.41, 5.74) is -2.93. The maximum absolute atomic E-state index is 12.6. The van der Waals surface area contributed by atoms with Gasteiger partial charge < -0.3 is 0 Å². The van der Waals surface area contributed by atoms with E-state index in [2.05, 4.69) is 0 Å². The van der Waals surface area contributed by atoms with Crippen molar-refractivity contribution >= 4 is 5.78 Å². The zero-order chi connectivity index (χ0) is 12.5. The Bertz CT molecular complexity index is 409. The smallest absolute Gasteiger partial charge is 0.288 e. The lowest BCUT2D eigenvalue weighted by Crippen LogP contribution is -2.18. The van der Waals surface area contributed by atoms with Crippen LogP contribution < -0.4 is 0 Å². The highest BCUT2D eigenvalue weighted by molar-refractivity contribution is 5.99. The van der Waals surface area contributed by atoms with Crippen molar-refractivity contribution in [1.29, 1.82) is 0 Å². The average Bonchev–Trinajstić information content (AvgIpc) is 2.14. The van der Waals surface area contributed by atoms with E-state index in [0.717, 1.165) is 0 Å². The molecule has 0 aliphatic heterocycles. The van der Waals surface area contributed by atoms with Crippen LogP contribution in [0.25, 0.3) is 0 Å². The Balaban J connectivity index is 3.35. The SMILES string of the molecule is O=C(c1cc(F)ccc1C(F)(F)F)C(F)F. The van der Waals surface area contributed by atoms with Gasteiger partial charge in [0, 0.05) is 5.56 Å². The van der Waals surface area contributed by atoms with Crippen molar-refractivity contribution in [3.8, 4) is 0 Å². The maximum atomic E-state index is 12.6. The molecule has 0 bridgehead atoms. The van der Waals surface area contributed by atoms with E-state index in [1.165, 1.54) is 0 Å². The van der Waals surface area contributed by atoms with Crippen LogP contribution >= 0.6 is 0 Å². The van der Waals surface area contributed by atoms with Crippen LogP contribution in [0.2, 0.25) is 0 Å². The largest absolute Gasteiger partial charge is 0.417 e. The van der Waals surface area contributed by atoms with Crippen molar-refractivity contribution in [2.45, 2.75) is 12.6 Å². The molecule has 0 saturated heterocycles. The molecule has 0 heterocycles. The predicted molar refractivity (Wildman–Crippen MR) is 41.7 cm³/mol. The Kier molecular flexibility index (Phi) is 3.25. The first-order valence-electron chi connectivity index (χ1n) is 3.92. The van der Waals surface area contributed by atoms with Crippen molar-refractivity contribution in [2.75, 3.05) is 0 Å². The topological polar surface area (TPSA) is 17.1 Å². The summed E-state index contributed by atoms with van der Waals surface area (Å²) in [6.07, 6.45) is -8.59. The average molecular weight is 242 g/mol. The number of alkyl halides is 5. The van der Waals surface area contributed by atoms with E-state index in [9.17, 15) is 31.1 Å². The van der Waals surface area contributed by atoms with Gasteiger partial charge in [-0.1, -0.05) is 0 Å². The maximum Gasteiger partial charge on any atom is 0.417 e. The molecular formula is C9H4F6O. The molecule has 0 aliphatic rings. The second kappa shape index (κ2) is 4.15. The molecule has 0 atom stereocenters. The number of benzene rings is 1. The Morgan fingerprint density at radius 3 is 2.19 bits per heavy atom. The molecule has 0 spiro atoms. The molecule has 1 rings (SSSR count). The number of rotatable bonds is 2.